The van der Waals surface area contributed by atoms with Gasteiger partial charge in [0.1, 0.15) is 12.4 Å². The van der Waals surface area contributed by atoms with E-state index in [1.54, 1.807) is 7.11 Å². The van der Waals surface area contributed by atoms with Gasteiger partial charge in [0.2, 0.25) is 0 Å². The number of fused-ring (bicyclic) bond motifs is 2. The largest absolute Gasteiger partial charge is 0.497 e. The van der Waals surface area contributed by atoms with E-state index in [0.717, 1.165) is 59.2 Å². The fraction of sp³-hybridized carbons (Fsp3) is 0.273. The molecule has 0 saturated carbocycles. The molecule has 0 aliphatic heterocycles. The molecule has 1 aromatic heterocycles. The van der Waals surface area contributed by atoms with Crippen LogP contribution in [0.15, 0.2) is 48.5 Å². The summed E-state index contributed by atoms with van der Waals surface area (Å²) in [6, 6.07) is 15.4. The van der Waals surface area contributed by atoms with Gasteiger partial charge in [-0.1, -0.05) is 30.3 Å². The Morgan fingerprint density at radius 3 is 2.62 bits per heavy atom. The highest BCUT2D eigenvalue weighted by Crippen LogP contribution is 2.30. The Bertz CT molecular complexity index is 948. The third-order valence-electron chi connectivity index (χ3n) is 4.90. The Balaban J connectivity index is 1.65. The summed E-state index contributed by atoms with van der Waals surface area (Å²) in [5.41, 5.74) is 4.61. The van der Waals surface area contributed by atoms with Gasteiger partial charge in [0.15, 0.2) is 0 Å². The number of hydrogen-bond donors (Lipinski definition) is 0. The van der Waals surface area contributed by atoms with Crippen molar-refractivity contribution < 1.29 is 14.3 Å². The number of aryl methyl sites for hydroxylation is 1. The molecule has 0 saturated heterocycles. The molecule has 26 heavy (non-hydrogen) atoms. The van der Waals surface area contributed by atoms with Gasteiger partial charge in [-0.05, 0) is 55.0 Å². The highest BCUT2D eigenvalue weighted by molar-refractivity contribution is 6.05. The van der Waals surface area contributed by atoms with Crippen LogP contribution in [0.5, 0.6) is 5.75 Å². The van der Waals surface area contributed by atoms with E-state index in [1.165, 1.54) is 0 Å². The molecule has 0 radical (unpaired) electrons. The summed E-state index contributed by atoms with van der Waals surface area (Å²) in [7, 11) is 1.63. The number of ether oxygens (including phenoxy) is 2. The maximum atomic E-state index is 13.0. The van der Waals surface area contributed by atoms with Gasteiger partial charge in [-0.15, -0.1) is 0 Å². The van der Waals surface area contributed by atoms with E-state index < -0.39 is 0 Å². The maximum absolute atomic E-state index is 13.0. The van der Waals surface area contributed by atoms with Gasteiger partial charge < -0.3 is 9.47 Å². The molecule has 1 aliphatic rings. The van der Waals surface area contributed by atoms with Crippen LogP contribution in [0.3, 0.4) is 0 Å². The first kappa shape index (κ1) is 16.6. The Kier molecular flexibility index (Phi) is 4.57. The minimum atomic E-state index is -0.266. The lowest BCUT2D eigenvalue weighted by Crippen LogP contribution is -2.15. The fourth-order valence-corrected chi connectivity index (χ4v) is 3.55. The van der Waals surface area contributed by atoms with Crippen molar-refractivity contribution in [2.24, 2.45) is 0 Å². The lowest BCUT2D eigenvalue weighted by molar-refractivity contribution is 0.0473. The summed E-state index contributed by atoms with van der Waals surface area (Å²) in [5, 5.41) is 0.882. The highest BCUT2D eigenvalue weighted by atomic mass is 16.5. The number of para-hydroxylation sites is 1. The number of methoxy groups -OCH3 is 1. The first-order valence-electron chi connectivity index (χ1n) is 8.97. The molecule has 0 atom stereocenters. The molecular formula is C22H21NO3. The van der Waals surface area contributed by atoms with Crippen molar-refractivity contribution in [1.29, 1.82) is 0 Å². The maximum Gasteiger partial charge on any atom is 0.339 e. The van der Waals surface area contributed by atoms with Gasteiger partial charge in [-0.2, -0.15) is 0 Å². The quantitative estimate of drug-likeness (QED) is 0.653. The number of rotatable bonds is 4. The topological polar surface area (TPSA) is 48.4 Å². The number of benzene rings is 2. The molecule has 1 aliphatic carbocycles. The van der Waals surface area contributed by atoms with E-state index in [0.29, 0.717) is 5.56 Å². The van der Waals surface area contributed by atoms with E-state index in [2.05, 4.69) is 0 Å². The molecule has 0 spiro atoms. The van der Waals surface area contributed by atoms with Crippen LogP contribution in [0.25, 0.3) is 10.9 Å². The summed E-state index contributed by atoms with van der Waals surface area (Å²) in [6.07, 6.45) is 4.03. The van der Waals surface area contributed by atoms with Gasteiger partial charge in [0.25, 0.3) is 0 Å². The molecule has 132 valence electrons. The van der Waals surface area contributed by atoms with Gasteiger partial charge >= 0.3 is 5.97 Å². The second-order valence-electron chi connectivity index (χ2n) is 6.56. The fourth-order valence-electron chi connectivity index (χ4n) is 3.55. The first-order valence-corrected chi connectivity index (χ1v) is 8.97. The molecule has 4 heteroatoms. The average molecular weight is 347 g/mol. The number of carbonyl (C=O) groups excluding carboxylic acids is 1. The Morgan fingerprint density at radius 2 is 1.81 bits per heavy atom. The van der Waals surface area contributed by atoms with Crippen molar-refractivity contribution in [2.75, 3.05) is 7.11 Å². The molecule has 4 rings (SSSR count). The number of carbonyl (C=O) groups is 1. The molecule has 0 fully saturated rings. The first-order chi connectivity index (χ1) is 12.8. The molecule has 3 aromatic rings. The minimum absolute atomic E-state index is 0.244. The summed E-state index contributed by atoms with van der Waals surface area (Å²) >= 11 is 0. The lowest BCUT2D eigenvalue weighted by Gasteiger charge is -2.20. The zero-order valence-electron chi connectivity index (χ0n) is 14.8. The monoisotopic (exact) mass is 347 g/mol. The molecule has 0 bridgehead atoms. The van der Waals surface area contributed by atoms with E-state index in [4.69, 9.17) is 14.5 Å². The van der Waals surface area contributed by atoms with Crippen LogP contribution in [0.4, 0.5) is 0 Å². The third kappa shape index (κ3) is 3.15. The lowest BCUT2D eigenvalue weighted by atomic mass is 9.90. The SMILES string of the molecule is COc1ccc(COC(=O)c2c3c(nc4ccccc24)CCCC3)cc1. The second-order valence-corrected chi connectivity index (χ2v) is 6.56. The number of aromatic nitrogens is 1. The summed E-state index contributed by atoms with van der Waals surface area (Å²) in [4.78, 5) is 17.7. The zero-order valence-corrected chi connectivity index (χ0v) is 14.8. The van der Waals surface area contributed by atoms with Crippen molar-refractivity contribution in [3.05, 3.63) is 70.9 Å². The summed E-state index contributed by atoms with van der Waals surface area (Å²) in [5.74, 6) is 0.520. The van der Waals surface area contributed by atoms with Crippen LogP contribution in [-0.4, -0.2) is 18.1 Å². The molecule has 1 heterocycles. The van der Waals surface area contributed by atoms with Crippen LogP contribution in [0, 0.1) is 0 Å². The van der Waals surface area contributed by atoms with E-state index in [1.807, 2.05) is 48.5 Å². The number of pyridine rings is 1. The van der Waals surface area contributed by atoms with Gasteiger partial charge in [-0.25, -0.2) is 4.79 Å². The summed E-state index contributed by atoms with van der Waals surface area (Å²) in [6.45, 7) is 0.244. The van der Waals surface area contributed by atoms with Crippen LogP contribution in [0.2, 0.25) is 0 Å². The minimum Gasteiger partial charge on any atom is -0.497 e. The normalized spacial score (nSPS) is 13.3. The molecule has 4 nitrogen and oxygen atoms in total. The predicted octanol–water partition coefficient (Wildman–Crippen LogP) is 4.48. The van der Waals surface area contributed by atoms with E-state index in [9.17, 15) is 4.79 Å². The summed E-state index contributed by atoms with van der Waals surface area (Å²) < 4.78 is 10.8. The van der Waals surface area contributed by atoms with Gasteiger partial charge in [0.05, 0.1) is 18.2 Å². The molecular weight excluding hydrogens is 326 g/mol. The molecule has 0 N–H and O–H groups in total. The number of nitrogens with zero attached hydrogens (tertiary/aromatic N) is 1. The second kappa shape index (κ2) is 7.16. The zero-order chi connectivity index (χ0) is 17.9. The Labute approximate surface area is 152 Å². The van der Waals surface area contributed by atoms with Crippen LogP contribution < -0.4 is 4.74 Å². The van der Waals surface area contributed by atoms with Gasteiger partial charge in [0, 0.05) is 11.1 Å². The van der Waals surface area contributed by atoms with Crippen molar-refractivity contribution >= 4 is 16.9 Å². The third-order valence-corrected chi connectivity index (χ3v) is 4.90. The van der Waals surface area contributed by atoms with Crippen molar-refractivity contribution in [1.82, 2.24) is 4.98 Å². The smallest absolute Gasteiger partial charge is 0.339 e. The standard InChI is InChI=1S/C22H21NO3/c1-25-16-12-10-15(11-13-16)14-26-22(24)21-17-6-2-4-8-19(17)23-20-9-5-3-7-18(20)21/h2,4,6,8,10-13H,3,5,7,9,14H2,1H3. The average Bonchev–Trinajstić information content (AvgIpc) is 2.70. The van der Waals surface area contributed by atoms with Crippen LogP contribution in [-0.2, 0) is 24.2 Å². The molecule has 2 aromatic carbocycles. The van der Waals surface area contributed by atoms with Crippen molar-refractivity contribution in [3.8, 4) is 5.75 Å². The highest BCUT2D eigenvalue weighted by Gasteiger charge is 2.23. The predicted molar refractivity (Wildman–Crippen MR) is 100 cm³/mol. The van der Waals surface area contributed by atoms with Crippen LogP contribution in [0.1, 0.15) is 40.0 Å². The van der Waals surface area contributed by atoms with Crippen LogP contribution >= 0.6 is 0 Å². The number of esters is 1. The Hall–Kier alpha value is -2.88. The van der Waals surface area contributed by atoms with E-state index >= 15 is 0 Å². The molecule has 0 unspecified atom stereocenters. The van der Waals surface area contributed by atoms with Crippen molar-refractivity contribution in [2.45, 2.75) is 32.3 Å². The van der Waals surface area contributed by atoms with Crippen molar-refractivity contribution in [3.63, 3.8) is 0 Å². The molecule has 0 amide bonds. The Morgan fingerprint density at radius 1 is 1.04 bits per heavy atom. The van der Waals surface area contributed by atoms with Gasteiger partial charge in [-0.3, -0.25) is 4.98 Å². The number of hydrogen-bond acceptors (Lipinski definition) is 4. The van der Waals surface area contributed by atoms with E-state index in [-0.39, 0.29) is 12.6 Å².